The summed E-state index contributed by atoms with van der Waals surface area (Å²) in [5.41, 5.74) is 1.78. The smallest absolute Gasteiger partial charge is 0.315 e. The fourth-order valence-corrected chi connectivity index (χ4v) is 2.48. The molecule has 1 heterocycles. The number of nitrogens with one attached hydrogen (secondary N) is 2. The number of amides is 3. The van der Waals surface area contributed by atoms with Gasteiger partial charge in [0.2, 0.25) is 5.91 Å². The maximum absolute atomic E-state index is 11.7. The number of anilines is 1. The van der Waals surface area contributed by atoms with Crippen LogP contribution >= 0.6 is 0 Å². The standard InChI is InChI=1S/C16H21N3O4/c1-11(18-16(23)17-9-8-15(21)22)12-4-6-13(7-5-12)19-10-2-3-14(19)20/h4-7,11H,2-3,8-10H2,1H3,(H,21,22)(H2,17,18,23). The molecule has 1 aliphatic heterocycles. The first-order valence-corrected chi connectivity index (χ1v) is 7.64. The molecule has 1 unspecified atom stereocenters. The Labute approximate surface area is 134 Å². The van der Waals surface area contributed by atoms with Crippen molar-refractivity contribution < 1.29 is 19.5 Å². The van der Waals surface area contributed by atoms with Crippen LogP contribution in [0.15, 0.2) is 24.3 Å². The van der Waals surface area contributed by atoms with Gasteiger partial charge in [-0.25, -0.2) is 4.79 Å². The Morgan fingerprint density at radius 1 is 1.30 bits per heavy atom. The van der Waals surface area contributed by atoms with E-state index in [0.29, 0.717) is 6.42 Å². The van der Waals surface area contributed by atoms with Gasteiger partial charge >= 0.3 is 12.0 Å². The summed E-state index contributed by atoms with van der Waals surface area (Å²) in [6.07, 6.45) is 1.37. The third-order valence-electron chi connectivity index (χ3n) is 3.75. The van der Waals surface area contributed by atoms with Gasteiger partial charge in [0.05, 0.1) is 12.5 Å². The van der Waals surface area contributed by atoms with Crippen LogP contribution in [0.5, 0.6) is 0 Å². The monoisotopic (exact) mass is 319 g/mol. The molecule has 3 N–H and O–H groups in total. The predicted octanol–water partition coefficient (Wildman–Crippen LogP) is 1.65. The van der Waals surface area contributed by atoms with Gasteiger partial charge in [-0.2, -0.15) is 0 Å². The Kier molecular flexibility index (Phi) is 5.56. The fourth-order valence-electron chi connectivity index (χ4n) is 2.48. The van der Waals surface area contributed by atoms with E-state index in [1.807, 2.05) is 31.2 Å². The van der Waals surface area contributed by atoms with E-state index < -0.39 is 12.0 Å². The molecule has 0 aromatic heterocycles. The maximum Gasteiger partial charge on any atom is 0.315 e. The van der Waals surface area contributed by atoms with Gasteiger partial charge in [-0.05, 0) is 31.0 Å². The highest BCUT2D eigenvalue weighted by Crippen LogP contribution is 2.23. The van der Waals surface area contributed by atoms with E-state index in [1.165, 1.54) is 0 Å². The summed E-state index contributed by atoms with van der Waals surface area (Å²) in [6, 6.07) is 6.88. The first-order valence-electron chi connectivity index (χ1n) is 7.64. The van der Waals surface area contributed by atoms with Crippen LogP contribution in [0.2, 0.25) is 0 Å². The van der Waals surface area contributed by atoms with E-state index in [-0.39, 0.29) is 24.9 Å². The Hall–Kier alpha value is -2.57. The lowest BCUT2D eigenvalue weighted by atomic mass is 10.1. The Bertz CT molecular complexity index is 585. The van der Waals surface area contributed by atoms with Crippen LogP contribution in [0.3, 0.4) is 0 Å². The van der Waals surface area contributed by atoms with Crippen LogP contribution in [0, 0.1) is 0 Å². The molecule has 7 nitrogen and oxygen atoms in total. The molecule has 1 fully saturated rings. The number of carboxylic acids is 1. The van der Waals surface area contributed by atoms with Crippen molar-refractivity contribution in [1.82, 2.24) is 10.6 Å². The molecule has 2 rings (SSSR count). The summed E-state index contributed by atoms with van der Waals surface area (Å²) in [6.45, 7) is 2.68. The van der Waals surface area contributed by atoms with Gasteiger partial charge in [0.15, 0.2) is 0 Å². The molecule has 3 amide bonds. The molecule has 1 aromatic rings. The van der Waals surface area contributed by atoms with Gasteiger partial charge in [0.1, 0.15) is 0 Å². The van der Waals surface area contributed by atoms with Crippen molar-refractivity contribution in [3.8, 4) is 0 Å². The molecule has 1 aliphatic rings. The summed E-state index contributed by atoms with van der Waals surface area (Å²) < 4.78 is 0. The van der Waals surface area contributed by atoms with Crippen LogP contribution < -0.4 is 15.5 Å². The summed E-state index contributed by atoms with van der Waals surface area (Å²) in [7, 11) is 0. The van der Waals surface area contributed by atoms with E-state index in [1.54, 1.807) is 4.90 Å². The number of hydrogen-bond donors (Lipinski definition) is 3. The minimum absolute atomic E-state index is 0.0872. The summed E-state index contributed by atoms with van der Waals surface area (Å²) in [5, 5.41) is 13.8. The third kappa shape index (κ3) is 4.70. The first-order chi connectivity index (χ1) is 11.0. The highest BCUT2D eigenvalue weighted by molar-refractivity contribution is 5.95. The lowest BCUT2D eigenvalue weighted by Crippen LogP contribution is -2.38. The second-order valence-electron chi connectivity index (χ2n) is 5.51. The molecule has 0 spiro atoms. The molecular weight excluding hydrogens is 298 g/mol. The minimum Gasteiger partial charge on any atom is -0.481 e. The number of benzene rings is 1. The first kappa shape index (κ1) is 16.8. The second-order valence-corrected chi connectivity index (χ2v) is 5.51. The number of aliphatic carboxylic acids is 1. The SMILES string of the molecule is CC(NC(=O)NCCC(=O)O)c1ccc(N2CCCC2=O)cc1. The molecule has 0 saturated carbocycles. The van der Waals surface area contributed by atoms with Crippen LogP contribution in [0.25, 0.3) is 0 Å². The highest BCUT2D eigenvalue weighted by atomic mass is 16.4. The zero-order chi connectivity index (χ0) is 16.8. The van der Waals surface area contributed by atoms with Crippen molar-refractivity contribution in [1.29, 1.82) is 0 Å². The molecular formula is C16H21N3O4. The van der Waals surface area contributed by atoms with E-state index in [9.17, 15) is 14.4 Å². The van der Waals surface area contributed by atoms with Crippen LogP contribution in [0.4, 0.5) is 10.5 Å². The summed E-state index contributed by atoms with van der Waals surface area (Å²) in [4.78, 5) is 35.5. The molecule has 0 radical (unpaired) electrons. The third-order valence-corrected chi connectivity index (χ3v) is 3.75. The second kappa shape index (κ2) is 7.62. The van der Waals surface area contributed by atoms with Gasteiger partial charge in [0, 0.05) is 25.2 Å². The molecule has 0 bridgehead atoms. The predicted molar refractivity (Wildman–Crippen MR) is 85.2 cm³/mol. The normalized spacial score (nSPS) is 15.3. The zero-order valence-corrected chi connectivity index (χ0v) is 13.0. The number of carboxylic acid groups (broad SMARTS) is 1. The van der Waals surface area contributed by atoms with Gasteiger partial charge in [0.25, 0.3) is 0 Å². The minimum atomic E-state index is -0.953. The van der Waals surface area contributed by atoms with Crippen LogP contribution in [-0.4, -0.2) is 36.1 Å². The number of carbonyl (C=O) groups is 3. The van der Waals surface area contributed by atoms with Gasteiger partial charge in [-0.3, -0.25) is 9.59 Å². The van der Waals surface area contributed by atoms with Gasteiger partial charge in [-0.1, -0.05) is 12.1 Å². The average Bonchev–Trinajstić information content (AvgIpc) is 2.93. The number of carbonyl (C=O) groups excluding carboxylic acids is 2. The van der Waals surface area contributed by atoms with Gasteiger partial charge < -0.3 is 20.6 Å². The quantitative estimate of drug-likeness (QED) is 0.742. The Morgan fingerprint density at radius 2 is 2.00 bits per heavy atom. The molecule has 1 saturated heterocycles. The topological polar surface area (TPSA) is 98.7 Å². The molecule has 1 aromatic carbocycles. The van der Waals surface area contributed by atoms with Crippen molar-refractivity contribution in [3.63, 3.8) is 0 Å². The summed E-state index contributed by atoms with van der Waals surface area (Å²) in [5.74, 6) is -0.813. The largest absolute Gasteiger partial charge is 0.481 e. The van der Waals surface area contributed by atoms with Crippen molar-refractivity contribution in [2.75, 3.05) is 18.0 Å². The Morgan fingerprint density at radius 3 is 2.57 bits per heavy atom. The molecule has 7 heteroatoms. The number of rotatable bonds is 6. The van der Waals surface area contributed by atoms with Crippen LogP contribution in [0.1, 0.15) is 37.8 Å². The molecule has 23 heavy (non-hydrogen) atoms. The maximum atomic E-state index is 11.7. The number of nitrogens with zero attached hydrogens (tertiary/aromatic N) is 1. The van der Waals surface area contributed by atoms with Gasteiger partial charge in [-0.15, -0.1) is 0 Å². The van der Waals surface area contributed by atoms with Crippen LogP contribution in [-0.2, 0) is 9.59 Å². The lowest BCUT2D eigenvalue weighted by Gasteiger charge is -2.18. The van der Waals surface area contributed by atoms with E-state index in [4.69, 9.17) is 5.11 Å². The highest BCUT2D eigenvalue weighted by Gasteiger charge is 2.21. The van der Waals surface area contributed by atoms with Crippen molar-refractivity contribution in [2.45, 2.75) is 32.2 Å². The van der Waals surface area contributed by atoms with E-state index in [2.05, 4.69) is 10.6 Å². The average molecular weight is 319 g/mol. The molecule has 0 aliphatic carbocycles. The van der Waals surface area contributed by atoms with E-state index in [0.717, 1.165) is 24.2 Å². The number of urea groups is 1. The number of hydrogen-bond acceptors (Lipinski definition) is 3. The van der Waals surface area contributed by atoms with E-state index >= 15 is 0 Å². The van der Waals surface area contributed by atoms with Crippen molar-refractivity contribution in [3.05, 3.63) is 29.8 Å². The Balaban J connectivity index is 1.87. The molecule has 124 valence electrons. The zero-order valence-electron chi connectivity index (χ0n) is 13.0. The lowest BCUT2D eigenvalue weighted by molar-refractivity contribution is -0.136. The van der Waals surface area contributed by atoms with Crippen molar-refractivity contribution in [2.24, 2.45) is 0 Å². The van der Waals surface area contributed by atoms with Crippen molar-refractivity contribution >= 4 is 23.6 Å². The fraction of sp³-hybridized carbons (Fsp3) is 0.438. The summed E-state index contributed by atoms with van der Waals surface area (Å²) >= 11 is 0. The molecule has 1 atom stereocenters.